The highest BCUT2D eigenvalue weighted by molar-refractivity contribution is 9.10. The van der Waals surface area contributed by atoms with Crippen LogP contribution in [-0.2, 0) is 7.05 Å². The predicted octanol–water partition coefficient (Wildman–Crippen LogP) is 2.76. The molecule has 0 unspecified atom stereocenters. The van der Waals surface area contributed by atoms with E-state index in [1.54, 1.807) is 17.8 Å². The maximum Gasteiger partial charge on any atom is 0.270 e. The molecular formula is C10H8BrN3O2. The Labute approximate surface area is 100.0 Å². The van der Waals surface area contributed by atoms with Crippen LogP contribution in [-0.4, -0.2) is 14.7 Å². The van der Waals surface area contributed by atoms with Crippen molar-refractivity contribution in [3.05, 3.63) is 45.0 Å². The molecule has 0 bridgehead atoms. The number of aryl methyl sites for hydroxylation is 1. The molecule has 0 aliphatic rings. The van der Waals surface area contributed by atoms with Crippen molar-refractivity contribution in [3.8, 4) is 11.3 Å². The molecule has 0 aliphatic carbocycles. The Morgan fingerprint density at radius 1 is 1.44 bits per heavy atom. The van der Waals surface area contributed by atoms with Crippen molar-refractivity contribution in [2.24, 2.45) is 7.05 Å². The van der Waals surface area contributed by atoms with E-state index in [0.29, 0.717) is 4.60 Å². The molecule has 0 atom stereocenters. The second-order valence-corrected chi connectivity index (χ2v) is 4.10. The summed E-state index contributed by atoms with van der Waals surface area (Å²) in [5.41, 5.74) is 1.68. The summed E-state index contributed by atoms with van der Waals surface area (Å²) in [5, 5.41) is 14.8. The zero-order valence-electron chi connectivity index (χ0n) is 8.42. The van der Waals surface area contributed by atoms with Gasteiger partial charge >= 0.3 is 0 Å². The molecule has 6 heteroatoms. The molecular weight excluding hydrogens is 274 g/mol. The average Bonchev–Trinajstić information content (AvgIpc) is 2.58. The summed E-state index contributed by atoms with van der Waals surface area (Å²) >= 11 is 3.26. The van der Waals surface area contributed by atoms with Gasteiger partial charge < -0.3 is 0 Å². The first kappa shape index (κ1) is 10.8. The van der Waals surface area contributed by atoms with E-state index in [1.807, 2.05) is 12.1 Å². The van der Waals surface area contributed by atoms with Gasteiger partial charge in [0.1, 0.15) is 4.60 Å². The van der Waals surface area contributed by atoms with E-state index in [4.69, 9.17) is 0 Å². The summed E-state index contributed by atoms with van der Waals surface area (Å²) < 4.78 is 2.37. The number of nitro benzene ring substituents is 1. The number of aromatic nitrogens is 2. The maximum atomic E-state index is 10.6. The minimum absolute atomic E-state index is 0.0785. The van der Waals surface area contributed by atoms with Crippen molar-refractivity contribution in [1.29, 1.82) is 0 Å². The van der Waals surface area contributed by atoms with Crippen LogP contribution in [0, 0.1) is 10.1 Å². The Kier molecular flexibility index (Phi) is 2.74. The Balaban J connectivity index is 2.52. The molecule has 1 aromatic heterocycles. The summed E-state index contributed by atoms with van der Waals surface area (Å²) in [7, 11) is 1.79. The molecule has 1 heterocycles. The van der Waals surface area contributed by atoms with Gasteiger partial charge in [0.2, 0.25) is 0 Å². The zero-order chi connectivity index (χ0) is 11.7. The molecule has 0 aliphatic heterocycles. The van der Waals surface area contributed by atoms with Crippen molar-refractivity contribution in [3.63, 3.8) is 0 Å². The van der Waals surface area contributed by atoms with Gasteiger partial charge in [0, 0.05) is 24.7 Å². The Hall–Kier alpha value is -1.69. The van der Waals surface area contributed by atoms with Crippen LogP contribution in [0.3, 0.4) is 0 Å². The van der Waals surface area contributed by atoms with Crippen LogP contribution in [0.2, 0.25) is 0 Å². The van der Waals surface area contributed by atoms with E-state index in [1.165, 1.54) is 12.1 Å². The monoisotopic (exact) mass is 281 g/mol. The maximum absolute atomic E-state index is 10.6. The molecule has 2 aromatic rings. The molecule has 0 fully saturated rings. The lowest BCUT2D eigenvalue weighted by Gasteiger charge is -2.01. The normalized spacial score (nSPS) is 10.4. The molecule has 0 amide bonds. The number of hydrogen-bond acceptors (Lipinski definition) is 3. The second kappa shape index (κ2) is 4.05. The number of non-ortho nitro benzene ring substituents is 1. The van der Waals surface area contributed by atoms with Crippen molar-refractivity contribution < 1.29 is 4.92 Å². The number of nitro groups is 1. The van der Waals surface area contributed by atoms with E-state index < -0.39 is 4.92 Å². The van der Waals surface area contributed by atoms with Crippen molar-refractivity contribution in [2.45, 2.75) is 0 Å². The van der Waals surface area contributed by atoms with Gasteiger partial charge in [-0.2, -0.15) is 5.10 Å². The summed E-state index contributed by atoms with van der Waals surface area (Å²) in [6, 6.07) is 8.29. The first-order valence-electron chi connectivity index (χ1n) is 4.52. The van der Waals surface area contributed by atoms with Gasteiger partial charge in [-0.1, -0.05) is 12.1 Å². The van der Waals surface area contributed by atoms with Gasteiger partial charge in [-0.15, -0.1) is 0 Å². The fraction of sp³-hybridized carbons (Fsp3) is 0.100. The number of rotatable bonds is 2. The SMILES string of the molecule is Cn1nc(Br)cc1-c1cccc([N+](=O)[O-])c1. The topological polar surface area (TPSA) is 61.0 Å². The average molecular weight is 282 g/mol. The molecule has 1 aromatic carbocycles. The van der Waals surface area contributed by atoms with Crippen LogP contribution in [0.1, 0.15) is 0 Å². The quantitative estimate of drug-likeness (QED) is 0.628. The summed E-state index contributed by atoms with van der Waals surface area (Å²) in [5.74, 6) is 0. The predicted molar refractivity (Wildman–Crippen MR) is 63.0 cm³/mol. The Bertz CT molecular complexity index is 551. The van der Waals surface area contributed by atoms with Crippen molar-refractivity contribution >= 4 is 21.6 Å². The molecule has 0 radical (unpaired) electrons. The molecule has 82 valence electrons. The van der Waals surface area contributed by atoms with Crippen LogP contribution >= 0.6 is 15.9 Å². The smallest absolute Gasteiger partial charge is 0.267 e. The molecule has 0 N–H and O–H groups in total. The molecule has 0 saturated heterocycles. The standard InChI is InChI=1S/C10H8BrN3O2/c1-13-9(6-10(11)12-13)7-3-2-4-8(5-7)14(15)16/h2-6H,1H3. The fourth-order valence-electron chi connectivity index (χ4n) is 1.48. The third-order valence-electron chi connectivity index (χ3n) is 2.20. The minimum atomic E-state index is -0.408. The molecule has 2 rings (SSSR count). The van der Waals surface area contributed by atoms with Gasteiger partial charge in [0.25, 0.3) is 5.69 Å². The Morgan fingerprint density at radius 2 is 2.19 bits per heavy atom. The number of nitrogens with zero attached hydrogens (tertiary/aromatic N) is 3. The lowest BCUT2D eigenvalue weighted by Crippen LogP contribution is -1.94. The van der Waals surface area contributed by atoms with Crippen LogP contribution in [0.15, 0.2) is 34.9 Å². The van der Waals surface area contributed by atoms with E-state index in [0.717, 1.165) is 11.3 Å². The number of hydrogen-bond donors (Lipinski definition) is 0. The summed E-state index contributed by atoms with van der Waals surface area (Å²) in [4.78, 5) is 10.2. The number of halogens is 1. The van der Waals surface area contributed by atoms with Crippen LogP contribution in [0.25, 0.3) is 11.3 Å². The van der Waals surface area contributed by atoms with Crippen LogP contribution in [0.4, 0.5) is 5.69 Å². The first-order valence-corrected chi connectivity index (χ1v) is 5.31. The molecule has 0 saturated carbocycles. The molecule has 16 heavy (non-hydrogen) atoms. The third-order valence-corrected chi connectivity index (χ3v) is 2.59. The fourth-order valence-corrected chi connectivity index (χ4v) is 1.94. The molecule has 0 spiro atoms. The summed E-state index contributed by atoms with van der Waals surface area (Å²) in [6.07, 6.45) is 0. The number of benzene rings is 1. The summed E-state index contributed by atoms with van der Waals surface area (Å²) in [6.45, 7) is 0. The largest absolute Gasteiger partial charge is 0.270 e. The van der Waals surface area contributed by atoms with E-state index in [-0.39, 0.29) is 5.69 Å². The van der Waals surface area contributed by atoms with E-state index >= 15 is 0 Å². The van der Waals surface area contributed by atoms with Crippen molar-refractivity contribution in [1.82, 2.24) is 9.78 Å². The van der Waals surface area contributed by atoms with Gasteiger partial charge in [-0.3, -0.25) is 14.8 Å². The van der Waals surface area contributed by atoms with Crippen molar-refractivity contribution in [2.75, 3.05) is 0 Å². The van der Waals surface area contributed by atoms with Gasteiger partial charge in [0.05, 0.1) is 10.6 Å². The van der Waals surface area contributed by atoms with Crippen LogP contribution < -0.4 is 0 Å². The second-order valence-electron chi connectivity index (χ2n) is 3.28. The van der Waals surface area contributed by atoms with Gasteiger partial charge in [-0.25, -0.2) is 0 Å². The third kappa shape index (κ3) is 1.96. The zero-order valence-corrected chi connectivity index (χ0v) is 10.0. The van der Waals surface area contributed by atoms with E-state index in [2.05, 4.69) is 21.0 Å². The highest BCUT2D eigenvalue weighted by atomic mass is 79.9. The van der Waals surface area contributed by atoms with E-state index in [9.17, 15) is 10.1 Å². The Morgan fingerprint density at radius 3 is 2.75 bits per heavy atom. The van der Waals surface area contributed by atoms with Crippen LogP contribution in [0.5, 0.6) is 0 Å². The lowest BCUT2D eigenvalue weighted by atomic mass is 10.1. The lowest BCUT2D eigenvalue weighted by molar-refractivity contribution is -0.384. The van der Waals surface area contributed by atoms with Gasteiger partial charge in [0.15, 0.2) is 0 Å². The highest BCUT2D eigenvalue weighted by Crippen LogP contribution is 2.25. The molecule has 5 nitrogen and oxygen atoms in total. The minimum Gasteiger partial charge on any atom is -0.267 e. The van der Waals surface area contributed by atoms with Gasteiger partial charge in [-0.05, 0) is 22.0 Å². The highest BCUT2D eigenvalue weighted by Gasteiger charge is 2.10. The first-order chi connectivity index (χ1) is 7.58.